The number of ether oxygens (including phenoxy) is 1. The molecule has 0 N–H and O–H groups in total. The minimum absolute atomic E-state index is 0.0394. The van der Waals surface area contributed by atoms with E-state index in [1.54, 1.807) is 48.3 Å². The van der Waals surface area contributed by atoms with E-state index in [-0.39, 0.29) is 24.1 Å². The normalized spacial score (nSPS) is 11.2. The number of carbonyl (C=O) groups is 2. The highest BCUT2D eigenvalue weighted by atomic mass is 16.5. The van der Waals surface area contributed by atoms with E-state index in [9.17, 15) is 9.59 Å². The lowest BCUT2D eigenvalue weighted by Crippen LogP contribution is -2.30. The summed E-state index contributed by atoms with van der Waals surface area (Å²) in [5, 5.41) is 4.90. The van der Waals surface area contributed by atoms with Crippen LogP contribution in [-0.2, 0) is 16.1 Å². The van der Waals surface area contributed by atoms with Crippen molar-refractivity contribution in [2.45, 2.75) is 26.4 Å². The zero-order chi connectivity index (χ0) is 22.0. The van der Waals surface area contributed by atoms with Crippen molar-refractivity contribution >= 4 is 22.9 Å². The van der Waals surface area contributed by atoms with Gasteiger partial charge in [-0.2, -0.15) is 5.10 Å². The molecule has 0 saturated heterocycles. The number of esters is 1. The Morgan fingerprint density at radius 1 is 1.19 bits per heavy atom. The van der Waals surface area contributed by atoms with Gasteiger partial charge in [0.25, 0.3) is 5.91 Å². The van der Waals surface area contributed by atoms with E-state index in [1.165, 1.54) is 17.4 Å². The van der Waals surface area contributed by atoms with Crippen LogP contribution in [0, 0.1) is 0 Å². The number of nitrogens with zero attached hydrogens (tertiary/aromatic N) is 4. The first kappa shape index (κ1) is 20.4. The number of likely N-dealkylation sites (N-methyl/N-ethyl adjacent to an activating group) is 1. The lowest BCUT2D eigenvalue weighted by Gasteiger charge is -2.16. The third-order valence-electron chi connectivity index (χ3n) is 4.78. The van der Waals surface area contributed by atoms with Crippen molar-refractivity contribution < 1.29 is 23.2 Å². The van der Waals surface area contributed by atoms with Crippen LogP contribution < -0.4 is 0 Å². The molecule has 160 valence electrons. The number of aromatic nitrogens is 3. The average molecular weight is 422 g/mol. The summed E-state index contributed by atoms with van der Waals surface area (Å²) in [5.74, 6) is 0.173. The van der Waals surface area contributed by atoms with Crippen LogP contribution in [0.15, 0.2) is 57.9 Å². The smallest absolute Gasteiger partial charge is 0.339 e. The first-order valence-corrected chi connectivity index (χ1v) is 9.79. The van der Waals surface area contributed by atoms with Crippen molar-refractivity contribution in [3.63, 3.8) is 0 Å². The van der Waals surface area contributed by atoms with Crippen LogP contribution in [-0.4, -0.2) is 45.2 Å². The topological polar surface area (TPSA) is 104 Å². The molecule has 0 atom stereocenters. The minimum atomic E-state index is -0.636. The van der Waals surface area contributed by atoms with Crippen LogP contribution in [0.1, 0.15) is 36.0 Å². The van der Waals surface area contributed by atoms with Crippen LogP contribution in [0.25, 0.3) is 22.5 Å². The van der Waals surface area contributed by atoms with Gasteiger partial charge in [-0.05, 0) is 44.2 Å². The first-order valence-electron chi connectivity index (χ1n) is 9.79. The predicted octanol–water partition coefficient (Wildman–Crippen LogP) is 3.68. The van der Waals surface area contributed by atoms with Crippen molar-refractivity contribution in [3.05, 3.63) is 60.4 Å². The van der Waals surface area contributed by atoms with Crippen LogP contribution >= 0.6 is 0 Å². The summed E-state index contributed by atoms with van der Waals surface area (Å²) in [5.41, 5.74) is 1.29. The van der Waals surface area contributed by atoms with Gasteiger partial charge in [0.2, 0.25) is 0 Å². The fourth-order valence-corrected chi connectivity index (χ4v) is 3.16. The van der Waals surface area contributed by atoms with Crippen molar-refractivity contribution in [1.29, 1.82) is 0 Å². The summed E-state index contributed by atoms with van der Waals surface area (Å²) in [6.45, 7) is 3.83. The van der Waals surface area contributed by atoms with Crippen LogP contribution in [0.3, 0.4) is 0 Å². The molecule has 31 heavy (non-hydrogen) atoms. The highest BCUT2D eigenvalue weighted by Crippen LogP contribution is 2.27. The molecule has 4 aromatic heterocycles. The SMILES string of the molecule is CC(C)n1ncc2c(C(=O)OCC(=O)N(C)Cc3ccco3)cc(-c3ccco3)nc21. The van der Waals surface area contributed by atoms with Gasteiger partial charge >= 0.3 is 5.97 Å². The Hall–Kier alpha value is -3.88. The Morgan fingerprint density at radius 2 is 1.97 bits per heavy atom. The molecule has 0 bridgehead atoms. The van der Waals surface area contributed by atoms with E-state index >= 15 is 0 Å². The maximum Gasteiger partial charge on any atom is 0.339 e. The van der Waals surface area contributed by atoms with Gasteiger partial charge in [0.1, 0.15) is 11.5 Å². The predicted molar refractivity (Wildman–Crippen MR) is 111 cm³/mol. The van der Waals surface area contributed by atoms with E-state index in [4.69, 9.17) is 13.6 Å². The van der Waals surface area contributed by atoms with E-state index in [0.717, 1.165) is 0 Å². The molecule has 9 nitrogen and oxygen atoms in total. The Bertz CT molecular complexity index is 1190. The lowest BCUT2D eigenvalue weighted by atomic mass is 10.1. The van der Waals surface area contributed by atoms with Crippen molar-refractivity contribution in [2.24, 2.45) is 0 Å². The summed E-state index contributed by atoms with van der Waals surface area (Å²) in [4.78, 5) is 31.3. The Kier molecular flexibility index (Phi) is 5.57. The van der Waals surface area contributed by atoms with Gasteiger partial charge in [-0.3, -0.25) is 4.79 Å². The monoisotopic (exact) mass is 422 g/mol. The Balaban J connectivity index is 1.57. The van der Waals surface area contributed by atoms with Crippen molar-refractivity contribution in [1.82, 2.24) is 19.7 Å². The molecular weight excluding hydrogens is 400 g/mol. The maximum absolute atomic E-state index is 12.9. The molecule has 0 radical (unpaired) electrons. The quantitative estimate of drug-likeness (QED) is 0.419. The Labute approximate surface area is 178 Å². The summed E-state index contributed by atoms with van der Waals surface area (Å²) < 4.78 is 17.7. The molecule has 0 aliphatic carbocycles. The zero-order valence-corrected chi connectivity index (χ0v) is 17.4. The van der Waals surface area contributed by atoms with Gasteiger partial charge in [0.15, 0.2) is 18.0 Å². The van der Waals surface area contributed by atoms with Gasteiger partial charge in [0.05, 0.1) is 36.2 Å². The summed E-state index contributed by atoms with van der Waals surface area (Å²) in [7, 11) is 1.62. The van der Waals surface area contributed by atoms with E-state index in [2.05, 4.69) is 10.1 Å². The molecule has 0 unspecified atom stereocenters. The number of fused-ring (bicyclic) bond motifs is 1. The number of amides is 1. The van der Waals surface area contributed by atoms with Crippen LogP contribution in [0.4, 0.5) is 0 Å². The third-order valence-corrected chi connectivity index (χ3v) is 4.78. The van der Waals surface area contributed by atoms with Crippen molar-refractivity contribution in [3.8, 4) is 11.5 Å². The van der Waals surface area contributed by atoms with Gasteiger partial charge in [-0.25, -0.2) is 14.5 Å². The molecule has 4 aromatic rings. The number of pyridine rings is 1. The molecule has 0 aromatic carbocycles. The summed E-state index contributed by atoms with van der Waals surface area (Å²) >= 11 is 0. The third kappa shape index (κ3) is 4.20. The Morgan fingerprint density at radius 3 is 2.65 bits per heavy atom. The molecule has 0 aliphatic rings. The number of rotatable bonds is 7. The molecular formula is C22H22N4O5. The number of hydrogen-bond donors (Lipinski definition) is 0. The first-order chi connectivity index (χ1) is 14.9. The molecule has 9 heteroatoms. The van der Waals surface area contributed by atoms with Crippen LogP contribution in [0.2, 0.25) is 0 Å². The van der Waals surface area contributed by atoms with E-state index in [0.29, 0.717) is 28.2 Å². The second-order valence-electron chi connectivity index (χ2n) is 7.36. The second-order valence-corrected chi connectivity index (χ2v) is 7.36. The molecule has 0 aliphatic heterocycles. The molecule has 1 amide bonds. The summed E-state index contributed by atoms with van der Waals surface area (Å²) in [6.07, 6.45) is 4.65. The second kappa shape index (κ2) is 8.47. The molecule has 0 saturated carbocycles. The fraction of sp³-hybridized carbons (Fsp3) is 0.273. The fourth-order valence-electron chi connectivity index (χ4n) is 3.16. The van der Waals surface area contributed by atoms with Crippen molar-refractivity contribution in [2.75, 3.05) is 13.7 Å². The average Bonchev–Trinajstić information content (AvgIpc) is 3.52. The van der Waals surface area contributed by atoms with Gasteiger partial charge < -0.3 is 18.5 Å². The highest BCUT2D eigenvalue weighted by Gasteiger charge is 2.22. The van der Waals surface area contributed by atoms with Gasteiger partial charge in [-0.1, -0.05) is 0 Å². The number of furan rings is 2. The largest absolute Gasteiger partial charge is 0.467 e. The lowest BCUT2D eigenvalue weighted by molar-refractivity contribution is -0.133. The maximum atomic E-state index is 12.9. The summed E-state index contributed by atoms with van der Waals surface area (Å²) in [6, 6.07) is 8.64. The molecule has 0 spiro atoms. The minimum Gasteiger partial charge on any atom is -0.467 e. The molecule has 4 rings (SSSR count). The molecule has 0 fully saturated rings. The molecule has 4 heterocycles. The number of hydrogen-bond acceptors (Lipinski definition) is 7. The van der Waals surface area contributed by atoms with Gasteiger partial charge in [-0.15, -0.1) is 0 Å². The van der Waals surface area contributed by atoms with Crippen LogP contribution in [0.5, 0.6) is 0 Å². The van der Waals surface area contributed by atoms with Gasteiger partial charge in [0, 0.05) is 13.1 Å². The highest BCUT2D eigenvalue weighted by molar-refractivity contribution is 6.04. The van der Waals surface area contributed by atoms with E-state index in [1.807, 2.05) is 13.8 Å². The van der Waals surface area contributed by atoms with E-state index < -0.39 is 12.6 Å². The zero-order valence-electron chi connectivity index (χ0n) is 17.4. The number of carbonyl (C=O) groups excluding carboxylic acids is 2. The standard InChI is InChI=1S/C22H22N4O5/c1-14(2)26-21-17(11-23-26)16(10-18(24-21)19-7-5-9-30-19)22(28)31-13-20(27)25(3)12-15-6-4-8-29-15/h4-11,14H,12-13H2,1-3H3.